The molecule has 110 valence electrons. The summed E-state index contributed by atoms with van der Waals surface area (Å²) in [6, 6.07) is 5.28. The first-order chi connectivity index (χ1) is 10.3. The van der Waals surface area contributed by atoms with Crippen molar-refractivity contribution in [3.8, 4) is 6.07 Å². The number of amides is 1. The molecule has 1 aromatic rings. The van der Waals surface area contributed by atoms with Gasteiger partial charge >= 0.3 is 0 Å². The van der Waals surface area contributed by atoms with E-state index in [-0.39, 0.29) is 5.91 Å². The first kappa shape index (κ1) is 15.1. The van der Waals surface area contributed by atoms with Crippen LogP contribution >= 0.6 is 0 Å². The van der Waals surface area contributed by atoms with Gasteiger partial charge in [0.05, 0.1) is 18.7 Å². The van der Waals surface area contributed by atoms with E-state index in [0.29, 0.717) is 31.0 Å². The zero-order valence-electron chi connectivity index (χ0n) is 11.8. The average Bonchev–Trinajstić information content (AvgIpc) is 3.05. The molecule has 1 saturated heterocycles. The molecule has 7 heteroatoms. The first-order valence-corrected chi connectivity index (χ1v) is 7.02. The average molecular weight is 286 g/mol. The molecule has 7 nitrogen and oxygen atoms in total. The molecular formula is C14H18N6O. The fraction of sp³-hybridized carbons (Fsp3) is 0.500. The van der Waals surface area contributed by atoms with Gasteiger partial charge in [-0.2, -0.15) is 10.4 Å². The smallest absolute Gasteiger partial charge is 0.236 e. The van der Waals surface area contributed by atoms with Gasteiger partial charge in [0, 0.05) is 25.8 Å². The van der Waals surface area contributed by atoms with Crippen LogP contribution in [0.3, 0.4) is 0 Å². The van der Waals surface area contributed by atoms with Gasteiger partial charge in [-0.25, -0.2) is 4.98 Å². The van der Waals surface area contributed by atoms with Crippen LogP contribution < -0.4 is 5.32 Å². The number of azo groups is 1. The highest BCUT2D eigenvalue weighted by atomic mass is 16.2. The second kappa shape index (κ2) is 8.07. The van der Waals surface area contributed by atoms with E-state index in [1.807, 2.05) is 11.0 Å². The lowest BCUT2D eigenvalue weighted by Gasteiger charge is -2.14. The lowest BCUT2D eigenvalue weighted by Crippen LogP contribution is -2.36. The lowest BCUT2D eigenvalue weighted by molar-refractivity contribution is -0.129. The number of pyridine rings is 1. The Bertz CT molecular complexity index is 527. The number of hydrogen-bond acceptors (Lipinski definition) is 6. The van der Waals surface area contributed by atoms with Crippen molar-refractivity contribution in [2.24, 2.45) is 10.2 Å². The zero-order chi connectivity index (χ0) is 14.9. The van der Waals surface area contributed by atoms with E-state index in [1.165, 1.54) is 6.20 Å². The summed E-state index contributed by atoms with van der Waals surface area (Å²) in [4.78, 5) is 17.6. The van der Waals surface area contributed by atoms with Gasteiger partial charge in [-0.3, -0.25) is 4.79 Å². The minimum atomic E-state index is 0.151. The van der Waals surface area contributed by atoms with Crippen molar-refractivity contribution in [1.82, 2.24) is 15.2 Å². The third-order valence-corrected chi connectivity index (χ3v) is 3.17. The van der Waals surface area contributed by atoms with Crippen molar-refractivity contribution in [1.29, 1.82) is 5.26 Å². The van der Waals surface area contributed by atoms with Crippen LogP contribution in [-0.4, -0.2) is 48.5 Å². The summed E-state index contributed by atoms with van der Waals surface area (Å²) in [5.74, 6) is 0.625. The van der Waals surface area contributed by atoms with Crippen LogP contribution in [0.2, 0.25) is 0 Å². The molecule has 1 aliphatic heterocycles. The van der Waals surface area contributed by atoms with Gasteiger partial charge in [-0.15, -0.1) is 5.11 Å². The Kier molecular flexibility index (Phi) is 5.79. The van der Waals surface area contributed by atoms with Gasteiger partial charge in [-0.05, 0) is 25.0 Å². The third-order valence-electron chi connectivity index (χ3n) is 3.17. The predicted molar refractivity (Wildman–Crippen MR) is 77.0 cm³/mol. The number of carbonyl (C=O) groups excluding carboxylic acids is 1. The molecule has 0 aromatic carbocycles. The van der Waals surface area contributed by atoms with Gasteiger partial charge < -0.3 is 10.2 Å². The van der Waals surface area contributed by atoms with E-state index in [1.54, 1.807) is 12.1 Å². The maximum Gasteiger partial charge on any atom is 0.236 e. The van der Waals surface area contributed by atoms with E-state index >= 15 is 0 Å². The molecule has 1 N–H and O–H groups in total. The Morgan fingerprint density at radius 2 is 2.24 bits per heavy atom. The van der Waals surface area contributed by atoms with Crippen LogP contribution in [0, 0.1) is 11.3 Å². The first-order valence-electron chi connectivity index (χ1n) is 7.02. The van der Waals surface area contributed by atoms with Crippen molar-refractivity contribution in [3.63, 3.8) is 0 Å². The largest absolute Gasteiger partial charge is 0.342 e. The number of hydrogen-bond donors (Lipinski definition) is 1. The van der Waals surface area contributed by atoms with Crippen molar-refractivity contribution in [2.45, 2.75) is 12.8 Å². The quantitative estimate of drug-likeness (QED) is 0.629. The van der Waals surface area contributed by atoms with Crippen LogP contribution in [0.4, 0.5) is 5.82 Å². The van der Waals surface area contributed by atoms with E-state index in [2.05, 4.69) is 20.5 Å². The predicted octanol–water partition coefficient (Wildman–Crippen LogP) is 1.25. The number of nitriles is 1. The van der Waals surface area contributed by atoms with Gasteiger partial charge in [0.1, 0.15) is 6.07 Å². The summed E-state index contributed by atoms with van der Waals surface area (Å²) in [5, 5.41) is 19.6. The second-order valence-corrected chi connectivity index (χ2v) is 4.75. The summed E-state index contributed by atoms with van der Waals surface area (Å²) in [5.41, 5.74) is 0.496. The maximum atomic E-state index is 11.7. The van der Waals surface area contributed by atoms with Gasteiger partial charge in [-0.1, -0.05) is 0 Å². The van der Waals surface area contributed by atoms with Gasteiger partial charge in [0.15, 0.2) is 5.82 Å². The Balaban J connectivity index is 1.61. The molecule has 2 heterocycles. The summed E-state index contributed by atoms with van der Waals surface area (Å²) >= 11 is 0. The van der Waals surface area contributed by atoms with Crippen molar-refractivity contribution < 1.29 is 4.79 Å². The summed E-state index contributed by atoms with van der Waals surface area (Å²) < 4.78 is 0. The molecule has 2 rings (SSSR count). The Morgan fingerprint density at radius 1 is 1.43 bits per heavy atom. The van der Waals surface area contributed by atoms with Crippen LogP contribution in [0.25, 0.3) is 0 Å². The van der Waals surface area contributed by atoms with Gasteiger partial charge in [0.25, 0.3) is 0 Å². The standard InChI is InChI=1S/C14H18N6O/c15-9-12-3-4-13(17-10-12)19-18-6-5-16-11-14(21)20-7-1-2-8-20/h3-4,10,16H,1-2,5-8,11H2/b19-18+. The zero-order valence-corrected chi connectivity index (χ0v) is 11.8. The Labute approximate surface area is 123 Å². The molecule has 0 radical (unpaired) electrons. The fourth-order valence-corrected chi connectivity index (χ4v) is 2.04. The third kappa shape index (κ3) is 4.93. The Hall–Kier alpha value is -2.33. The molecular weight excluding hydrogens is 268 g/mol. The van der Waals surface area contributed by atoms with E-state index in [9.17, 15) is 4.79 Å². The fourth-order valence-electron chi connectivity index (χ4n) is 2.04. The highest BCUT2D eigenvalue weighted by Gasteiger charge is 2.16. The Morgan fingerprint density at radius 3 is 2.90 bits per heavy atom. The molecule has 1 aromatic heterocycles. The minimum absolute atomic E-state index is 0.151. The monoisotopic (exact) mass is 286 g/mol. The molecule has 0 bridgehead atoms. The summed E-state index contributed by atoms with van der Waals surface area (Å²) in [7, 11) is 0. The molecule has 0 aliphatic carbocycles. The van der Waals surface area contributed by atoms with Crippen molar-refractivity contribution in [2.75, 3.05) is 32.7 Å². The number of nitrogens with one attached hydrogen (secondary N) is 1. The van der Waals surface area contributed by atoms with Crippen LogP contribution in [0.1, 0.15) is 18.4 Å². The second-order valence-electron chi connectivity index (χ2n) is 4.75. The number of aromatic nitrogens is 1. The molecule has 0 spiro atoms. The lowest BCUT2D eigenvalue weighted by atomic mass is 10.3. The normalized spacial score (nSPS) is 14.5. The molecule has 1 amide bonds. The van der Waals surface area contributed by atoms with E-state index < -0.39 is 0 Å². The van der Waals surface area contributed by atoms with Crippen LogP contribution in [-0.2, 0) is 4.79 Å². The highest BCUT2D eigenvalue weighted by Crippen LogP contribution is 2.08. The molecule has 1 aliphatic rings. The van der Waals surface area contributed by atoms with E-state index in [4.69, 9.17) is 5.26 Å². The SMILES string of the molecule is N#Cc1ccc(/N=N/CCNCC(=O)N2CCCC2)nc1. The molecule has 0 atom stereocenters. The van der Waals surface area contributed by atoms with Gasteiger partial charge in [0.2, 0.25) is 5.91 Å². The highest BCUT2D eigenvalue weighted by molar-refractivity contribution is 5.78. The topological polar surface area (TPSA) is 93.7 Å². The van der Waals surface area contributed by atoms with Crippen molar-refractivity contribution in [3.05, 3.63) is 23.9 Å². The van der Waals surface area contributed by atoms with Crippen LogP contribution in [0.15, 0.2) is 28.6 Å². The molecule has 0 unspecified atom stereocenters. The van der Waals surface area contributed by atoms with E-state index in [0.717, 1.165) is 25.9 Å². The summed E-state index contributed by atoms with van der Waals surface area (Å²) in [6.45, 7) is 3.19. The molecule has 1 fully saturated rings. The number of likely N-dealkylation sites (tertiary alicyclic amines) is 1. The molecule has 0 saturated carbocycles. The number of rotatable bonds is 6. The maximum absolute atomic E-state index is 11.7. The minimum Gasteiger partial charge on any atom is -0.342 e. The molecule has 21 heavy (non-hydrogen) atoms. The number of nitrogens with zero attached hydrogens (tertiary/aromatic N) is 5. The summed E-state index contributed by atoms with van der Waals surface area (Å²) in [6.07, 6.45) is 3.68. The number of carbonyl (C=O) groups is 1. The van der Waals surface area contributed by atoms with Crippen molar-refractivity contribution >= 4 is 11.7 Å². The van der Waals surface area contributed by atoms with Crippen LogP contribution in [0.5, 0.6) is 0 Å².